The molecule has 0 aliphatic rings. The second-order valence-corrected chi connectivity index (χ2v) is 4.41. The molecule has 0 atom stereocenters. The summed E-state index contributed by atoms with van der Waals surface area (Å²) < 4.78 is 5.21. The summed E-state index contributed by atoms with van der Waals surface area (Å²) in [6.45, 7) is 1.37. The van der Waals surface area contributed by atoms with Crippen molar-refractivity contribution in [3.63, 3.8) is 0 Å². The molecule has 0 radical (unpaired) electrons. The zero-order valence-electron chi connectivity index (χ0n) is 11.4. The molecular formula is C15H15NO5. The molecule has 6 nitrogen and oxygen atoms in total. The maximum Gasteiger partial charge on any atom is 0.323 e. The van der Waals surface area contributed by atoms with E-state index in [9.17, 15) is 14.7 Å². The SMILES string of the molecule is CCc1occc1C(=O)N(CC(=O)O)c1ccc(O)cc1. The zero-order valence-corrected chi connectivity index (χ0v) is 11.4. The molecule has 1 aromatic heterocycles. The number of benzene rings is 1. The summed E-state index contributed by atoms with van der Waals surface area (Å²) >= 11 is 0. The lowest BCUT2D eigenvalue weighted by molar-refractivity contribution is -0.135. The Morgan fingerprint density at radius 2 is 1.86 bits per heavy atom. The Kier molecular flexibility index (Phi) is 4.27. The molecule has 6 heteroatoms. The summed E-state index contributed by atoms with van der Waals surface area (Å²) in [6.07, 6.45) is 1.94. The number of hydrogen-bond acceptors (Lipinski definition) is 4. The molecule has 1 heterocycles. The standard InChI is InChI=1S/C15H15NO5/c1-2-13-12(7-8-21-13)15(20)16(9-14(18)19)10-3-5-11(17)6-4-10/h3-8,17H,2,9H2,1H3,(H,18,19). The van der Waals surface area contributed by atoms with Gasteiger partial charge in [-0.05, 0) is 30.3 Å². The summed E-state index contributed by atoms with van der Waals surface area (Å²) in [5.41, 5.74) is 0.732. The number of anilines is 1. The summed E-state index contributed by atoms with van der Waals surface area (Å²) in [5.74, 6) is -1.03. The lowest BCUT2D eigenvalue weighted by Crippen LogP contribution is -2.35. The number of furan rings is 1. The number of phenols is 1. The molecule has 110 valence electrons. The van der Waals surface area contributed by atoms with Crippen LogP contribution in [0.1, 0.15) is 23.0 Å². The van der Waals surface area contributed by atoms with Crippen LogP contribution in [0, 0.1) is 0 Å². The van der Waals surface area contributed by atoms with Crippen molar-refractivity contribution in [3.8, 4) is 5.75 Å². The van der Waals surface area contributed by atoms with Crippen LogP contribution in [0.2, 0.25) is 0 Å². The van der Waals surface area contributed by atoms with Crippen molar-refractivity contribution in [2.45, 2.75) is 13.3 Å². The van der Waals surface area contributed by atoms with Crippen LogP contribution in [0.5, 0.6) is 5.75 Å². The van der Waals surface area contributed by atoms with E-state index in [0.717, 1.165) is 4.90 Å². The molecule has 0 aliphatic heterocycles. The smallest absolute Gasteiger partial charge is 0.323 e. The van der Waals surface area contributed by atoms with E-state index in [-0.39, 0.29) is 5.75 Å². The Morgan fingerprint density at radius 1 is 1.19 bits per heavy atom. The van der Waals surface area contributed by atoms with Gasteiger partial charge >= 0.3 is 5.97 Å². The number of aromatic hydroxyl groups is 1. The Hall–Kier alpha value is -2.76. The molecule has 0 saturated carbocycles. The van der Waals surface area contributed by atoms with Gasteiger partial charge in [0.15, 0.2) is 0 Å². The van der Waals surface area contributed by atoms with Crippen molar-refractivity contribution in [2.24, 2.45) is 0 Å². The number of phenolic OH excluding ortho intramolecular Hbond substituents is 1. The third-order valence-electron chi connectivity index (χ3n) is 3.00. The minimum absolute atomic E-state index is 0.0408. The fourth-order valence-corrected chi connectivity index (χ4v) is 2.00. The van der Waals surface area contributed by atoms with Gasteiger partial charge in [0, 0.05) is 12.1 Å². The summed E-state index contributed by atoms with van der Waals surface area (Å²) in [7, 11) is 0. The van der Waals surface area contributed by atoms with E-state index in [2.05, 4.69) is 0 Å². The first-order valence-corrected chi connectivity index (χ1v) is 6.42. The number of hydrogen-bond donors (Lipinski definition) is 2. The Bertz CT molecular complexity index is 644. The van der Waals surface area contributed by atoms with Crippen molar-refractivity contribution in [3.05, 3.63) is 47.9 Å². The van der Waals surface area contributed by atoms with E-state index in [0.29, 0.717) is 23.4 Å². The van der Waals surface area contributed by atoms with E-state index < -0.39 is 18.4 Å². The highest BCUT2D eigenvalue weighted by atomic mass is 16.4. The summed E-state index contributed by atoms with van der Waals surface area (Å²) in [5, 5.41) is 18.3. The van der Waals surface area contributed by atoms with Crippen LogP contribution in [-0.4, -0.2) is 28.6 Å². The maximum absolute atomic E-state index is 12.5. The second kappa shape index (κ2) is 6.13. The van der Waals surface area contributed by atoms with Gasteiger partial charge in [0.2, 0.25) is 0 Å². The lowest BCUT2D eigenvalue weighted by atomic mass is 10.1. The summed E-state index contributed by atoms with van der Waals surface area (Å²) in [6, 6.07) is 7.29. The maximum atomic E-state index is 12.5. The molecule has 2 N–H and O–H groups in total. The number of carboxylic acid groups (broad SMARTS) is 1. The highest BCUT2D eigenvalue weighted by Crippen LogP contribution is 2.22. The van der Waals surface area contributed by atoms with Gasteiger partial charge in [-0.2, -0.15) is 0 Å². The number of nitrogens with zero attached hydrogens (tertiary/aromatic N) is 1. The topological polar surface area (TPSA) is 91.0 Å². The minimum Gasteiger partial charge on any atom is -0.508 e. The van der Waals surface area contributed by atoms with E-state index in [1.165, 1.54) is 36.6 Å². The van der Waals surface area contributed by atoms with Gasteiger partial charge in [-0.25, -0.2) is 0 Å². The van der Waals surface area contributed by atoms with Crippen molar-refractivity contribution in [2.75, 3.05) is 11.4 Å². The molecule has 1 aromatic carbocycles. The van der Waals surface area contributed by atoms with E-state index in [4.69, 9.17) is 9.52 Å². The molecule has 2 rings (SSSR count). The van der Waals surface area contributed by atoms with Gasteiger partial charge in [-0.1, -0.05) is 6.92 Å². The van der Waals surface area contributed by atoms with Crippen LogP contribution in [-0.2, 0) is 11.2 Å². The largest absolute Gasteiger partial charge is 0.508 e. The number of rotatable bonds is 5. The molecule has 0 unspecified atom stereocenters. The Balaban J connectivity index is 2.38. The minimum atomic E-state index is -1.13. The van der Waals surface area contributed by atoms with Crippen molar-refractivity contribution in [1.82, 2.24) is 0 Å². The van der Waals surface area contributed by atoms with Gasteiger partial charge in [-0.15, -0.1) is 0 Å². The average Bonchev–Trinajstić information content (AvgIpc) is 2.93. The first-order chi connectivity index (χ1) is 10.0. The van der Waals surface area contributed by atoms with Crippen LogP contribution >= 0.6 is 0 Å². The van der Waals surface area contributed by atoms with Crippen LogP contribution < -0.4 is 4.90 Å². The van der Waals surface area contributed by atoms with Crippen molar-refractivity contribution >= 4 is 17.6 Å². The molecule has 0 bridgehead atoms. The van der Waals surface area contributed by atoms with Gasteiger partial charge in [0.05, 0.1) is 11.8 Å². The molecule has 0 saturated heterocycles. The molecule has 1 amide bonds. The quantitative estimate of drug-likeness (QED) is 0.881. The van der Waals surface area contributed by atoms with E-state index in [1.807, 2.05) is 6.92 Å². The van der Waals surface area contributed by atoms with Gasteiger partial charge in [0.25, 0.3) is 5.91 Å². The van der Waals surface area contributed by atoms with Gasteiger partial charge in [0.1, 0.15) is 18.1 Å². The molecule has 0 aliphatic carbocycles. The average molecular weight is 289 g/mol. The number of aliphatic carboxylic acids is 1. The van der Waals surface area contributed by atoms with Crippen LogP contribution in [0.3, 0.4) is 0 Å². The number of carboxylic acids is 1. The Morgan fingerprint density at radius 3 is 2.43 bits per heavy atom. The second-order valence-electron chi connectivity index (χ2n) is 4.41. The number of carbonyl (C=O) groups is 2. The lowest BCUT2D eigenvalue weighted by Gasteiger charge is -2.20. The molecular weight excluding hydrogens is 274 g/mol. The summed E-state index contributed by atoms with van der Waals surface area (Å²) in [4.78, 5) is 24.7. The number of amides is 1. The zero-order chi connectivity index (χ0) is 15.4. The molecule has 0 fully saturated rings. The molecule has 2 aromatic rings. The predicted molar refractivity (Wildman–Crippen MR) is 75.5 cm³/mol. The van der Waals surface area contributed by atoms with E-state index >= 15 is 0 Å². The van der Waals surface area contributed by atoms with Crippen LogP contribution in [0.25, 0.3) is 0 Å². The molecule has 21 heavy (non-hydrogen) atoms. The third kappa shape index (κ3) is 3.22. The predicted octanol–water partition coefficient (Wildman–Crippen LogP) is 2.28. The number of aryl methyl sites for hydroxylation is 1. The normalized spacial score (nSPS) is 10.3. The highest BCUT2D eigenvalue weighted by molar-refractivity contribution is 6.08. The highest BCUT2D eigenvalue weighted by Gasteiger charge is 2.23. The van der Waals surface area contributed by atoms with Gasteiger partial charge in [-0.3, -0.25) is 14.5 Å². The fourth-order valence-electron chi connectivity index (χ4n) is 2.00. The van der Waals surface area contributed by atoms with Crippen LogP contribution in [0.15, 0.2) is 41.0 Å². The van der Waals surface area contributed by atoms with E-state index in [1.54, 1.807) is 0 Å². The number of carbonyl (C=O) groups excluding carboxylic acids is 1. The molecule has 0 spiro atoms. The van der Waals surface area contributed by atoms with Gasteiger partial charge < -0.3 is 14.6 Å². The Labute approximate surface area is 121 Å². The monoisotopic (exact) mass is 289 g/mol. The first-order valence-electron chi connectivity index (χ1n) is 6.42. The fraction of sp³-hybridized carbons (Fsp3) is 0.200. The van der Waals surface area contributed by atoms with Crippen molar-refractivity contribution < 1.29 is 24.2 Å². The van der Waals surface area contributed by atoms with Crippen LogP contribution in [0.4, 0.5) is 5.69 Å². The van der Waals surface area contributed by atoms with Crippen molar-refractivity contribution in [1.29, 1.82) is 0 Å². The third-order valence-corrected chi connectivity index (χ3v) is 3.00. The first kappa shape index (κ1) is 14.6.